The van der Waals surface area contributed by atoms with E-state index in [9.17, 15) is 15.3 Å². The normalized spacial score (nSPS) is 14.9. The Morgan fingerprint density at radius 3 is 2.31 bits per heavy atom. The van der Waals surface area contributed by atoms with Crippen molar-refractivity contribution in [3.8, 4) is 5.75 Å². The summed E-state index contributed by atoms with van der Waals surface area (Å²) in [5.41, 5.74) is 3.15. The van der Waals surface area contributed by atoms with E-state index in [0.717, 1.165) is 21.6 Å². The van der Waals surface area contributed by atoms with E-state index in [-0.39, 0.29) is 5.75 Å². The van der Waals surface area contributed by atoms with Crippen LogP contribution in [0.5, 0.6) is 5.75 Å². The summed E-state index contributed by atoms with van der Waals surface area (Å²) in [4.78, 5) is 0.830. The molecule has 0 saturated heterocycles. The van der Waals surface area contributed by atoms with Gasteiger partial charge in [0.1, 0.15) is 5.75 Å². The van der Waals surface area contributed by atoms with Crippen LogP contribution in [0.2, 0.25) is 0 Å². The fraction of sp³-hybridized carbons (Fsp3) is 0.200. The van der Waals surface area contributed by atoms with Crippen molar-refractivity contribution in [3.05, 3.63) is 101 Å². The minimum Gasteiger partial charge on any atom is -0.508 e. The zero-order valence-electron chi connectivity index (χ0n) is 16.2. The standard InChI is InChI=1S/C25H26O3S/c1-2-22(25(28)24-9-6-16-29-24)23(27)15-12-20(19-7-4-3-5-8-19)17-18-10-13-21(26)14-11-18/h2-11,13-14,16-17,22-23,25-28H,1,12,15H2/b20-17-/t22-,23-,25+/m1/s1. The zero-order valence-corrected chi connectivity index (χ0v) is 17.0. The Morgan fingerprint density at radius 1 is 0.966 bits per heavy atom. The highest BCUT2D eigenvalue weighted by atomic mass is 32.1. The van der Waals surface area contributed by atoms with Crippen LogP contribution >= 0.6 is 11.3 Å². The first-order chi connectivity index (χ1) is 14.1. The van der Waals surface area contributed by atoms with E-state index < -0.39 is 18.1 Å². The highest BCUT2D eigenvalue weighted by Crippen LogP contribution is 2.32. The van der Waals surface area contributed by atoms with Gasteiger partial charge in [-0.05, 0) is 53.1 Å². The van der Waals surface area contributed by atoms with Crippen LogP contribution in [0.3, 0.4) is 0 Å². The fourth-order valence-corrected chi connectivity index (χ4v) is 4.13. The molecule has 0 amide bonds. The van der Waals surface area contributed by atoms with Crippen molar-refractivity contribution >= 4 is 23.0 Å². The summed E-state index contributed by atoms with van der Waals surface area (Å²) >= 11 is 1.48. The maximum absolute atomic E-state index is 10.8. The maximum Gasteiger partial charge on any atom is 0.115 e. The van der Waals surface area contributed by atoms with Gasteiger partial charge in [-0.1, -0.05) is 60.7 Å². The Bertz CT molecular complexity index is 914. The number of phenols is 1. The van der Waals surface area contributed by atoms with Gasteiger partial charge >= 0.3 is 0 Å². The van der Waals surface area contributed by atoms with Gasteiger partial charge in [0.25, 0.3) is 0 Å². The molecule has 0 unspecified atom stereocenters. The van der Waals surface area contributed by atoms with Crippen LogP contribution in [0.1, 0.15) is 34.9 Å². The summed E-state index contributed by atoms with van der Waals surface area (Å²) < 4.78 is 0. The Labute approximate surface area is 175 Å². The molecule has 0 aliphatic heterocycles. The minimum absolute atomic E-state index is 0.232. The molecule has 3 rings (SSSR count). The predicted octanol–water partition coefficient (Wildman–Crippen LogP) is 5.67. The second-order valence-corrected chi connectivity index (χ2v) is 7.99. The lowest BCUT2D eigenvalue weighted by Gasteiger charge is -2.24. The van der Waals surface area contributed by atoms with Gasteiger partial charge in [-0.15, -0.1) is 17.9 Å². The number of aliphatic hydroxyl groups excluding tert-OH is 2. The first-order valence-electron chi connectivity index (χ1n) is 9.65. The van der Waals surface area contributed by atoms with Gasteiger partial charge in [0, 0.05) is 10.8 Å². The predicted molar refractivity (Wildman–Crippen MR) is 121 cm³/mol. The number of aromatic hydroxyl groups is 1. The van der Waals surface area contributed by atoms with Crippen LogP contribution in [0.25, 0.3) is 11.6 Å². The lowest BCUT2D eigenvalue weighted by molar-refractivity contribution is 0.0343. The third kappa shape index (κ3) is 5.67. The molecule has 0 bridgehead atoms. The topological polar surface area (TPSA) is 60.7 Å². The van der Waals surface area contributed by atoms with E-state index in [1.807, 2.05) is 60.0 Å². The molecule has 0 saturated carbocycles. The van der Waals surface area contributed by atoms with Gasteiger partial charge in [0.2, 0.25) is 0 Å². The van der Waals surface area contributed by atoms with Crippen molar-refractivity contribution < 1.29 is 15.3 Å². The zero-order chi connectivity index (χ0) is 20.6. The number of aliphatic hydroxyl groups is 2. The number of phenolic OH excluding ortho intramolecular Hbond substituents is 1. The van der Waals surface area contributed by atoms with Crippen LogP contribution in [0, 0.1) is 5.92 Å². The van der Waals surface area contributed by atoms with Crippen molar-refractivity contribution in [2.24, 2.45) is 5.92 Å². The molecule has 3 N–H and O–H groups in total. The summed E-state index contributed by atoms with van der Waals surface area (Å²) in [7, 11) is 0. The van der Waals surface area contributed by atoms with E-state index >= 15 is 0 Å². The third-order valence-corrected chi connectivity index (χ3v) is 5.95. The molecule has 29 heavy (non-hydrogen) atoms. The smallest absolute Gasteiger partial charge is 0.115 e. The number of hydrogen-bond donors (Lipinski definition) is 3. The lowest BCUT2D eigenvalue weighted by atomic mass is 9.89. The van der Waals surface area contributed by atoms with Crippen molar-refractivity contribution in [1.82, 2.24) is 0 Å². The quantitative estimate of drug-likeness (QED) is 0.317. The number of allylic oxidation sites excluding steroid dienone is 1. The first kappa shape index (κ1) is 21.1. The van der Waals surface area contributed by atoms with Crippen LogP contribution in [0.15, 0.2) is 84.8 Å². The molecule has 3 nitrogen and oxygen atoms in total. The van der Waals surface area contributed by atoms with Crippen molar-refractivity contribution in [3.63, 3.8) is 0 Å². The van der Waals surface area contributed by atoms with Crippen LogP contribution < -0.4 is 0 Å². The van der Waals surface area contributed by atoms with Gasteiger partial charge in [-0.25, -0.2) is 0 Å². The van der Waals surface area contributed by atoms with Gasteiger partial charge in [-0.2, -0.15) is 0 Å². The Kier molecular flexibility index (Phi) is 7.42. The molecule has 0 aliphatic carbocycles. The van der Waals surface area contributed by atoms with E-state index in [2.05, 4.69) is 12.7 Å². The van der Waals surface area contributed by atoms with Crippen molar-refractivity contribution in [2.75, 3.05) is 0 Å². The molecule has 150 valence electrons. The average molecular weight is 407 g/mol. The highest BCUT2D eigenvalue weighted by Gasteiger charge is 2.26. The molecule has 0 fully saturated rings. The number of rotatable bonds is 9. The summed E-state index contributed by atoms with van der Waals surface area (Å²) in [5, 5.41) is 32.8. The number of thiophene rings is 1. The molecule has 0 radical (unpaired) electrons. The Balaban J connectivity index is 1.77. The molecule has 4 heteroatoms. The molecule has 1 aromatic heterocycles. The average Bonchev–Trinajstić information content (AvgIpc) is 3.28. The van der Waals surface area contributed by atoms with E-state index in [1.54, 1.807) is 18.2 Å². The van der Waals surface area contributed by atoms with Crippen molar-refractivity contribution in [1.29, 1.82) is 0 Å². The van der Waals surface area contributed by atoms with Crippen LogP contribution in [-0.4, -0.2) is 21.4 Å². The summed E-state index contributed by atoms with van der Waals surface area (Å²) in [6.07, 6.45) is 3.38. The summed E-state index contributed by atoms with van der Waals surface area (Å²) in [6.45, 7) is 3.82. The molecule has 0 spiro atoms. The molecule has 3 atom stereocenters. The van der Waals surface area contributed by atoms with Gasteiger partial charge in [-0.3, -0.25) is 0 Å². The summed E-state index contributed by atoms with van der Waals surface area (Å²) in [6, 6.07) is 20.9. The van der Waals surface area contributed by atoms with Crippen molar-refractivity contribution in [2.45, 2.75) is 25.0 Å². The maximum atomic E-state index is 10.8. The number of hydrogen-bond acceptors (Lipinski definition) is 4. The highest BCUT2D eigenvalue weighted by molar-refractivity contribution is 7.10. The van der Waals surface area contributed by atoms with E-state index in [4.69, 9.17) is 0 Å². The van der Waals surface area contributed by atoms with Gasteiger partial charge in [0.05, 0.1) is 12.2 Å². The second kappa shape index (κ2) is 10.2. The van der Waals surface area contributed by atoms with Crippen LogP contribution in [-0.2, 0) is 0 Å². The van der Waals surface area contributed by atoms with Crippen LogP contribution in [0.4, 0.5) is 0 Å². The van der Waals surface area contributed by atoms with E-state index in [1.165, 1.54) is 11.3 Å². The molecule has 1 heterocycles. The Hall–Kier alpha value is -2.66. The molecular weight excluding hydrogens is 380 g/mol. The SMILES string of the molecule is C=C[C@H]([C@H](O)CC/C(=C/c1ccc(O)cc1)c1ccccc1)[C@H](O)c1cccs1. The lowest BCUT2D eigenvalue weighted by Crippen LogP contribution is -2.24. The molecule has 3 aromatic rings. The number of benzene rings is 2. The monoisotopic (exact) mass is 406 g/mol. The molecule has 2 aromatic carbocycles. The third-order valence-electron chi connectivity index (χ3n) is 5.00. The first-order valence-corrected chi connectivity index (χ1v) is 10.5. The van der Waals surface area contributed by atoms with Gasteiger partial charge in [0.15, 0.2) is 0 Å². The molecular formula is C25H26O3S. The Morgan fingerprint density at radius 2 is 1.69 bits per heavy atom. The van der Waals surface area contributed by atoms with Gasteiger partial charge < -0.3 is 15.3 Å². The van der Waals surface area contributed by atoms with E-state index in [0.29, 0.717) is 12.8 Å². The largest absolute Gasteiger partial charge is 0.508 e. The second-order valence-electron chi connectivity index (χ2n) is 7.01. The fourth-order valence-electron chi connectivity index (χ4n) is 3.37. The molecule has 0 aliphatic rings. The minimum atomic E-state index is -0.760. The summed E-state index contributed by atoms with van der Waals surface area (Å²) in [5.74, 6) is -0.199.